The van der Waals surface area contributed by atoms with Gasteiger partial charge in [-0.25, -0.2) is 4.98 Å². The first kappa shape index (κ1) is 17.2. The molecule has 0 amide bonds. The maximum absolute atomic E-state index is 5.86. The minimum Gasteiger partial charge on any atom is -0.372 e. The van der Waals surface area contributed by atoms with Crippen molar-refractivity contribution in [3.8, 4) is 0 Å². The second-order valence-electron chi connectivity index (χ2n) is 6.30. The summed E-state index contributed by atoms with van der Waals surface area (Å²) < 4.78 is 1.12. The molecule has 5 N–H and O–H groups in total. The minimum atomic E-state index is 0. The molecule has 3 rings (SSSR count). The lowest BCUT2D eigenvalue weighted by Crippen LogP contribution is -2.34. The van der Waals surface area contributed by atoms with Crippen LogP contribution in [0.4, 0.5) is 11.8 Å². The zero-order valence-electron chi connectivity index (χ0n) is 13.3. The number of hydrogen-bond donors (Lipinski definition) is 3. The SMILES string of the molecule is CNc1nc(N)nc2c3c(sc12)C(C)(C)C(CCN)CC3.Cl. The Balaban J connectivity index is 0.00000176. The van der Waals surface area contributed by atoms with Gasteiger partial charge in [0.05, 0.1) is 10.2 Å². The molecule has 1 unspecified atom stereocenters. The lowest BCUT2D eigenvalue weighted by molar-refractivity contribution is 0.271. The first-order valence-corrected chi connectivity index (χ1v) is 8.27. The first-order chi connectivity index (χ1) is 9.98. The van der Waals surface area contributed by atoms with E-state index in [1.165, 1.54) is 16.9 Å². The van der Waals surface area contributed by atoms with Gasteiger partial charge in [0.15, 0.2) is 0 Å². The number of nitrogens with zero attached hydrogens (tertiary/aromatic N) is 2. The van der Waals surface area contributed by atoms with Crippen LogP contribution in [-0.2, 0) is 11.8 Å². The van der Waals surface area contributed by atoms with Crippen LogP contribution in [0.15, 0.2) is 0 Å². The van der Waals surface area contributed by atoms with Crippen molar-refractivity contribution < 1.29 is 0 Å². The molecule has 2 aromatic heterocycles. The third-order valence-corrected chi connectivity index (χ3v) is 6.31. The van der Waals surface area contributed by atoms with Crippen molar-refractivity contribution in [2.24, 2.45) is 11.7 Å². The summed E-state index contributed by atoms with van der Waals surface area (Å²) in [5.41, 5.74) is 14.2. The van der Waals surface area contributed by atoms with Crippen LogP contribution in [0.25, 0.3) is 10.2 Å². The average Bonchev–Trinajstić information content (AvgIpc) is 2.81. The van der Waals surface area contributed by atoms with Gasteiger partial charge in [-0.2, -0.15) is 4.98 Å². The molecular weight excluding hydrogens is 318 g/mol. The smallest absolute Gasteiger partial charge is 0.222 e. The summed E-state index contributed by atoms with van der Waals surface area (Å²) in [7, 11) is 1.88. The lowest BCUT2D eigenvalue weighted by Gasteiger charge is -2.38. The molecule has 0 fully saturated rings. The van der Waals surface area contributed by atoms with Crippen LogP contribution >= 0.6 is 23.7 Å². The van der Waals surface area contributed by atoms with Crippen LogP contribution in [0.2, 0.25) is 0 Å². The standard InChI is InChI=1S/C15H23N5S.ClH/c1-15(2)8(6-7-16)4-5-9-10-11(21-12(9)15)13(18-3)20-14(17)19-10;/h8H,4-7,16H2,1-3H3,(H3,17,18,19,20);1H. The highest BCUT2D eigenvalue weighted by Crippen LogP contribution is 2.49. The van der Waals surface area contributed by atoms with Gasteiger partial charge in [-0.1, -0.05) is 13.8 Å². The van der Waals surface area contributed by atoms with E-state index in [2.05, 4.69) is 29.1 Å². The van der Waals surface area contributed by atoms with E-state index in [1.54, 1.807) is 0 Å². The van der Waals surface area contributed by atoms with E-state index in [0.29, 0.717) is 11.9 Å². The number of anilines is 2. The Labute approximate surface area is 141 Å². The molecule has 0 aliphatic heterocycles. The van der Waals surface area contributed by atoms with Crippen molar-refractivity contribution in [2.75, 3.05) is 24.6 Å². The highest BCUT2D eigenvalue weighted by Gasteiger charge is 2.39. The molecule has 0 bridgehead atoms. The van der Waals surface area contributed by atoms with E-state index in [1.807, 2.05) is 18.4 Å². The maximum Gasteiger partial charge on any atom is 0.222 e. The molecule has 2 aromatic rings. The number of aromatic nitrogens is 2. The van der Waals surface area contributed by atoms with E-state index in [9.17, 15) is 0 Å². The summed E-state index contributed by atoms with van der Waals surface area (Å²) in [5.74, 6) is 1.81. The Kier molecular flexibility index (Phi) is 4.84. The molecule has 5 nitrogen and oxygen atoms in total. The van der Waals surface area contributed by atoms with Gasteiger partial charge in [0.1, 0.15) is 5.82 Å². The molecule has 122 valence electrons. The van der Waals surface area contributed by atoms with Crippen LogP contribution in [0.5, 0.6) is 0 Å². The van der Waals surface area contributed by atoms with Gasteiger partial charge in [-0.15, -0.1) is 23.7 Å². The second kappa shape index (κ2) is 6.18. The first-order valence-electron chi connectivity index (χ1n) is 7.46. The van der Waals surface area contributed by atoms with Gasteiger partial charge in [0.2, 0.25) is 5.95 Å². The van der Waals surface area contributed by atoms with Crippen LogP contribution in [0, 0.1) is 5.92 Å². The van der Waals surface area contributed by atoms with Gasteiger partial charge in [0, 0.05) is 17.3 Å². The Hall–Kier alpha value is -1.11. The average molecular weight is 342 g/mol. The lowest BCUT2D eigenvalue weighted by atomic mass is 9.68. The molecule has 0 saturated carbocycles. The molecule has 2 heterocycles. The van der Waals surface area contributed by atoms with Crippen molar-refractivity contribution in [3.63, 3.8) is 0 Å². The predicted octanol–water partition coefficient (Wildman–Crippen LogP) is 2.93. The van der Waals surface area contributed by atoms with Crippen molar-refractivity contribution in [2.45, 2.75) is 38.5 Å². The molecule has 0 aromatic carbocycles. The zero-order valence-corrected chi connectivity index (χ0v) is 14.9. The third-order valence-electron chi connectivity index (χ3n) is 4.75. The molecular formula is C15H24ClN5S. The van der Waals surface area contributed by atoms with Gasteiger partial charge in [0.25, 0.3) is 0 Å². The summed E-state index contributed by atoms with van der Waals surface area (Å²) in [5, 5.41) is 3.14. The van der Waals surface area contributed by atoms with Gasteiger partial charge < -0.3 is 16.8 Å². The fraction of sp³-hybridized carbons (Fsp3) is 0.600. The van der Waals surface area contributed by atoms with Gasteiger partial charge >= 0.3 is 0 Å². The fourth-order valence-corrected chi connectivity index (χ4v) is 5.00. The fourth-order valence-electron chi connectivity index (χ4n) is 3.53. The van der Waals surface area contributed by atoms with E-state index in [-0.39, 0.29) is 17.8 Å². The Morgan fingerprint density at radius 3 is 2.73 bits per heavy atom. The van der Waals surface area contributed by atoms with Crippen LogP contribution in [0.1, 0.15) is 37.1 Å². The zero-order chi connectivity index (χ0) is 15.2. The number of thiophene rings is 1. The van der Waals surface area contributed by atoms with Crippen molar-refractivity contribution >= 4 is 45.7 Å². The highest BCUT2D eigenvalue weighted by molar-refractivity contribution is 7.20. The highest BCUT2D eigenvalue weighted by atomic mass is 35.5. The molecule has 7 heteroatoms. The van der Waals surface area contributed by atoms with Gasteiger partial charge in [-0.05, 0) is 37.3 Å². The summed E-state index contributed by atoms with van der Waals surface area (Å²) in [6.07, 6.45) is 3.30. The number of hydrogen-bond acceptors (Lipinski definition) is 6. The van der Waals surface area contributed by atoms with E-state index >= 15 is 0 Å². The number of halogens is 1. The van der Waals surface area contributed by atoms with Crippen molar-refractivity contribution in [1.82, 2.24) is 9.97 Å². The normalized spacial score (nSPS) is 19.5. The van der Waals surface area contributed by atoms with Crippen molar-refractivity contribution in [3.05, 3.63) is 10.4 Å². The Morgan fingerprint density at radius 1 is 1.36 bits per heavy atom. The Morgan fingerprint density at radius 2 is 2.09 bits per heavy atom. The van der Waals surface area contributed by atoms with Crippen LogP contribution < -0.4 is 16.8 Å². The number of rotatable bonds is 3. The topological polar surface area (TPSA) is 89.8 Å². The quantitative estimate of drug-likeness (QED) is 0.798. The van der Waals surface area contributed by atoms with Crippen molar-refractivity contribution in [1.29, 1.82) is 0 Å². The molecule has 22 heavy (non-hydrogen) atoms. The largest absolute Gasteiger partial charge is 0.372 e. The number of aryl methyl sites for hydroxylation is 1. The number of fused-ring (bicyclic) bond motifs is 3. The summed E-state index contributed by atoms with van der Waals surface area (Å²) in [6.45, 7) is 5.41. The second-order valence-corrected chi connectivity index (χ2v) is 7.32. The molecule has 0 spiro atoms. The Bertz CT molecular complexity index is 682. The van der Waals surface area contributed by atoms with Gasteiger partial charge in [-0.3, -0.25) is 0 Å². The van der Waals surface area contributed by atoms with Crippen LogP contribution in [-0.4, -0.2) is 23.6 Å². The maximum atomic E-state index is 5.86. The number of nitrogens with one attached hydrogen (secondary N) is 1. The number of nitrogens with two attached hydrogens (primary N) is 2. The van der Waals surface area contributed by atoms with E-state index in [0.717, 1.165) is 35.4 Å². The minimum absolute atomic E-state index is 0. The van der Waals surface area contributed by atoms with E-state index < -0.39 is 0 Å². The molecule has 0 radical (unpaired) electrons. The monoisotopic (exact) mass is 341 g/mol. The summed E-state index contributed by atoms with van der Waals surface area (Å²) in [6, 6.07) is 0. The van der Waals surface area contributed by atoms with Crippen LogP contribution in [0.3, 0.4) is 0 Å². The predicted molar refractivity (Wildman–Crippen MR) is 97.1 cm³/mol. The summed E-state index contributed by atoms with van der Waals surface area (Å²) >= 11 is 1.81. The molecule has 0 saturated heterocycles. The molecule has 1 atom stereocenters. The third kappa shape index (κ3) is 2.53. The van der Waals surface area contributed by atoms with E-state index in [4.69, 9.17) is 11.5 Å². The number of nitrogen functional groups attached to an aromatic ring is 1. The summed E-state index contributed by atoms with van der Waals surface area (Å²) in [4.78, 5) is 10.2. The molecule has 1 aliphatic carbocycles. The molecule has 1 aliphatic rings.